The Labute approximate surface area is 123 Å². The summed E-state index contributed by atoms with van der Waals surface area (Å²) in [5.74, 6) is -1.88. The number of ether oxygens (including phenoxy) is 1. The van der Waals surface area contributed by atoms with Gasteiger partial charge in [-0.15, -0.1) is 0 Å². The molecule has 1 N–H and O–H groups in total. The first-order chi connectivity index (χ1) is 10.4. The third kappa shape index (κ3) is 2.92. The number of aromatic carboxylic acids is 1. The van der Waals surface area contributed by atoms with Crippen molar-refractivity contribution in [2.75, 3.05) is 7.11 Å². The quantitative estimate of drug-likeness (QED) is 0.501. The molecule has 0 aliphatic rings. The second-order valence-electron chi connectivity index (χ2n) is 4.27. The fourth-order valence-corrected chi connectivity index (χ4v) is 1.91. The largest absolute Gasteiger partial charge is 0.477 e. The highest BCUT2D eigenvalue weighted by Crippen LogP contribution is 2.22. The predicted octanol–water partition coefficient (Wildman–Crippen LogP) is 1.32. The third-order valence-corrected chi connectivity index (χ3v) is 2.96. The van der Waals surface area contributed by atoms with Crippen LogP contribution in [0.3, 0.4) is 0 Å². The molecule has 0 saturated heterocycles. The molecule has 0 atom stereocenters. The number of carboxylic acids is 1. The number of carboxylic acid groups (broad SMARTS) is 1. The molecule has 0 aliphatic carbocycles. The Morgan fingerprint density at radius 3 is 2.73 bits per heavy atom. The van der Waals surface area contributed by atoms with Gasteiger partial charge in [-0.25, -0.2) is 9.59 Å². The topological polar surface area (TPSA) is 125 Å². The summed E-state index contributed by atoms with van der Waals surface area (Å²) in [6, 6.07) is 5.12. The molecule has 2 aromatic rings. The molecule has 1 aromatic carbocycles. The zero-order chi connectivity index (χ0) is 16.3. The minimum atomic E-state index is -1.19. The molecule has 0 aliphatic heterocycles. The van der Waals surface area contributed by atoms with E-state index in [-0.39, 0.29) is 29.1 Å². The maximum absolute atomic E-state index is 11.4. The summed E-state index contributed by atoms with van der Waals surface area (Å²) < 4.78 is 5.64. The van der Waals surface area contributed by atoms with E-state index in [4.69, 9.17) is 5.11 Å². The summed E-state index contributed by atoms with van der Waals surface area (Å²) in [6.45, 7) is -0.105. The molecule has 0 spiro atoms. The van der Waals surface area contributed by atoms with Gasteiger partial charge < -0.3 is 9.84 Å². The van der Waals surface area contributed by atoms with Crippen LogP contribution >= 0.6 is 0 Å². The number of benzene rings is 1. The maximum atomic E-state index is 11.4. The number of esters is 1. The van der Waals surface area contributed by atoms with E-state index in [0.29, 0.717) is 0 Å². The van der Waals surface area contributed by atoms with E-state index in [0.717, 1.165) is 10.7 Å². The lowest BCUT2D eigenvalue weighted by Gasteiger charge is -2.07. The molecule has 0 saturated carbocycles. The van der Waals surface area contributed by atoms with Crippen molar-refractivity contribution in [1.29, 1.82) is 0 Å². The number of aromatic nitrogens is 2. The van der Waals surface area contributed by atoms with E-state index < -0.39 is 16.9 Å². The zero-order valence-corrected chi connectivity index (χ0v) is 11.4. The number of carbonyl (C=O) groups is 2. The minimum Gasteiger partial charge on any atom is -0.477 e. The van der Waals surface area contributed by atoms with E-state index in [9.17, 15) is 19.7 Å². The van der Waals surface area contributed by atoms with E-state index in [1.54, 1.807) is 0 Å². The predicted molar refractivity (Wildman–Crippen MR) is 72.7 cm³/mol. The maximum Gasteiger partial charge on any atom is 0.354 e. The Hall–Kier alpha value is -3.23. The van der Waals surface area contributed by atoms with Crippen molar-refractivity contribution >= 4 is 17.6 Å². The molecule has 9 nitrogen and oxygen atoms in total. The van der Waals surface area contributed by atoms with Crippen LogP contribution in [-0.2, 0) is 11.3 Å². The molecule has 114 valence electrons. The number of rotatable bonds is 5. The first-order valence-electron chi connectivity index (χ1n) is 6.04. The summed E-state index contributed by atoms with van der Waals surface area (Å²) in [7, 11) is 1.17. The molecular formula is C13H11N3O6. The van der Waals surface area contributed by atoms with Crippen LogP contribution in [0.4, 0.5) is 5.69 Å². The lowest BCUT2D eigenvalue weighted by molar-refractivity contribution is -0.385. The second-order valence-corrected chi connectivity index (χ2v) is 4.27. The van der Waals surface area contributed by atoms with Crippen LogP contribution in [0.1, 0.15) is 26.4 Å². The second kappa shape index (κ2) is 6.04. The van der Waals surface area contributed by atoms with Gasteiger partial charge in [0.15, 0.2) is 0 Å². The van der Waals surface area contributed by atoms with Gasteiger partial charge in [0.05, 0.1) is 29.7 Å². The van der Waals surface area contributed by atoms with Crippen LogP contribution in [0, 0.1) is 10.1 Å². The van der Waals surface area contributed by atoms with Gasteiger partial charge in [-0.3, -0.25) is 14.8 Å². The van der Waals surface area contributed by atoms with Gasteiger partial charge in [0.2, 0.25) is 0 Å². The molecule has 1 heterocycles. The van der Waals surface area contributed by atoms with Gasteiger partial charge in [0, 0.05) is 12.3 Å². The fraction of sp³-hybridized carbons (Fsp3) is 0.154. The molecule has 0 radical (unpaired) electrons. The average molecular weight is 305 g/mol. The first kappa shape index (κ1) is 15.2. The zero-order valence-electron chi connectivity index (χ0n) is 11.4. The first-order valence-corrected chi connectivity index (χ1v) is 6.04. The molecule has 2 rings (SSSR count). The lowest BCUT2D eigenvalue weighted by Crippen LogP contribution is -2.12. The van der Waals surface area contributed by atoms with E-state index in [1.165, 1.54) is 31.5 Å². The highest BCUT2D eigenvalue weighted by Gasteiger charge is 2.20. The smallest absolute Gasteiger partial charge is 0.354 e. The summed E-state index contributed by atoms with van der Waals surface area (Å²) in [6.07, 6.45) is 1.29. The normalized spacial score (nSPS) is 10.2. The number of nitrogens with zero attached hydrogens (tertiary/aromatic N) is 3. The van der Waals surface area contributed by atoms with Crippen LogP contribution in [-0.4, -0.2) is 38.9 Å². The number of nitro groups is 1. The van der Waals surface area contributed by atoms with Gasteiger partial charge in [0.25, 0.3) is 5.69 Å². The third-order valence-electron chi connectivity index (χ3n) is 2.96. The molecule has 22 heavy (non-hydrogen) atoms. The van der Waals surface area contributed by atoms with Crippen molar-refractivity contribution in [3.8, 4) is 0 Å². The summed E-state index contributed by atoms with van der Waals surface area (Å²) in [4.78, 5) is 32.9. The van der Waals surface area contributed by atoms with E-state index in [1.807, 2.05) is 0 Å². The molecular weight excluding hydrogens is 294 g/mol. The highest BCUT2D eigenvalue weighted by molar-refractivity contribution is 5.90. The molecule has 9 heteroatoms. The van der Waals surface area contributed by atoms with Gasteiger partial charge in [-0.1, -0.05) is 0 Å². The molecule has 1 aromatic heterocycles. The van der Waals surface area contributed by atoms with Crippen molar-refractivity contribution in [3.63, 3.8) is 0 Å². The Kier molecular flexibility index (Phi) is 4.16. The van der Waals surface area contributed by atoms with Gasteiger partial charge in [-0.2, -0.15) is 5.10 Å². The highest BCUT2D eigenvalue weighted by atomic mass is 16.6. The molecule has 0 amide bonds. The van der Waals surface area contributed by atoms with Crippen LogP contribution in [0.5, 0.6) is 0 Å². The Morgan fingerprint density at radius 2 is 2.14 bits per heavy atom. The van der Waals surface area contributed by atoms with Crippen molar-refractivity contribution in [2.45, 2.75) is 6.54 Å². The van der Waals surface area contributed by atoms with Crippen molar-refractivity contribution in [2.24, 2.45) is 0 Å². The summed E-state index contributed by atoms with van der Waals surface area (Å²) >= 11 is 0. The SMILES string of the molecule is COC(=O)c1ccc(Cn2nccc2C(=O)O)c([N+](=O)[O-])c1. The van der Waals surface area contributed by atoms with Crippen LogP contribution in [0.2, 0.25) is 0 Å². The lowest BCUT2D eigenvalue weighted by atomic mass is 10.1. The van der Waals surface area contributed by atoms with Crippen LogP contribution in [0.25, 0.3) is 0 Å². The van der Waals surface area contributed by atoms with E-state index >= 15 is 0 Å². The number of carbonyl (C=O) groups excluding carboxylic acids is 1. The summed E-state index contributed by atoms with van der Waals surface area (Å²) in [5.41, 5.74) is -0.137. The molecule has 0 fully saturated rings. The van der Waals surface area contributed by atoms with Crippen LogP contribution < -0.4 is 0 Å². The molecule has 0 bridgehead atoms. The fourth-order valence-electron chi connectivity index (χ4n) is 1.91. The summed E-state index contributed by atoms with van der Waals surface area (Å²) in [5, 5.41) is 24.0. The number of hydrogen-bond acceptors (Lipinski definition) is 6. The van der Waals surface area contributed by atoms with Gasteiger partial charge >= 0.3 is 11.9 Å². The van der Waals surface area contributed by atoms with Gasteiger partial charge in [0.1, 0.15) is 5.69 Å². The Morgan fingerprint density at radius 1 is 1.41 bits per heavy atom. The van der Waals surface area contributed by atoms with Crippen LogP contribution in [0.15, 0.2) is 30.5 Å². The number of nitro benzene ring substituents is 1. The number of methoxy groups -OCH3 is 1. The molecule has 0 unspecified atom stereocenters. The average Bonchev–Trinajstić information content (AvgIpc) is 2.95. The van der Waals surface area contributed by atoms with Gasteiger partial charge in [-0.05, 0) is 18.2 Å². The van der Waals surface area contributed by atoms with E-state index in [2.05, 4.69) is 9.84 Å². The Bertz CT molecular complexity index is 752. The standard InChI is InChI=1S/C13H11N3O6/c1-22-13(19)8-2-3-9(11(6-8)16(20)21)7-15-10(12(17)18)4-5-14-15/h2-6H,7H2,1H3,(H,17,18). The monoisotopic (exact) mass is 305 g/mol. The number of hydrogen-bond donors (Lipinski definition) is 1. The Balaban J connectivity index is 2.42. The minimum absolute atomic E-state index is 0.0388. The van der Waals surface area contributed by atoms with Crippen molar-refractivity contribution in [3.05, 3.63) is 57.4 Å². The van der Waals surface area contributed by atoms with Crippen molar-refractivity contribution in [1.82, 2.24) is 9.78 Å². The van der Waals surface area contributed by atoms with Crippen molar-refractivity contribution < 1.29 is 24.4 Å².